The molecule has 2 saturated heterocycles. The number of nitrogens with one attached hydrogen (secondary N) is 3. The fourth-order valence-electron chi connectivity index (χ4n) is 4.70. The topological polar surface area (TPSA) is 98.8 Å². The van der Waals surface area contributed by atoms with Gasteiger partial charge in [0.15, 0.2) is 5.82 Å². The third-order valence-corrected chi connectivity index (χ3v) is 6.38. The number of likely N-dealkylation sites (tertiary alicyclic amines) is 1. The van der Waals surface area contributed by atoms with Crippen LogP contribution in [0.1, 0.15) is 49.8 Å². The van der Waals surface area contributed by atoms with E-state index in [1.54, 1.807) is 0 Å². The number of rotatable bonds is 5. The van der Waals surface area contributed by atoms with Gasteiger partial charge in [-0.1, -0.05) is 6.92 Å². The van der Waals surface area contributed by atoms with E-state index in [4.69, 9.17) is 0 Å². The highest BCUT2D eigenvalue weighted by Gasteiger charge is 2.39. The number of piperidine rings is 2. The van der Waals surface area contributed by atoms with Gasteiger partial charge in [0, 0.05) is 42.0 Å². The summed E-state index contributed by atoms with van der Waals surface area (Å²) in [7, 11) is 0. The van der Waals surface area contributed by atoms with Gasteiger partial charge in [-0.3, -0.25) is 9.89 Å². The largest absolute Gasteiger partial charge is 0.342 e. The summed E-state index contributed by atoms with van der Waals surface area (Å²) in [6, 6.07) is 3.95. The molecule has 0 aromatic carbocycles. The molecule has 2 aliphatic heterocycles. The number of nitrogens with zero attached hydrogens (tertiary/aromatic N) is 4. The molecule has 3 N–H and O–H groups in total. The number of hydrogen-bond acceptors (Lipinski definition) is 6. The monoisotopic (exact) mass is 411 g/mol. The summed E-state index contributed by atoms with van der Waals surface area (Å²) in [5, 5.41) is 13.8. The maximum absolute atomic E-state index is 13.2. The number of aryl methyl sites for hydroxylation is 2. The molecule has 2 aromatic heterocycles. The van der Waals surface area contributed by atoms with Gasteiger partial charge in [0.25, 0.3) is 0 Å². The predicted octanol–water partition coefficient (Wildman–Crippen LogP) is 2.73. The SMILES string of the molecule is Cc1nc(C[C@@H]2CCCN(C(=O)C3(C)CCNCC3)C2)cc(Nc2cc(C)[nH]n2)n1. The molecular formula is C22H33N7O. The van der Waals surface area contributed by atoms with Crippen LogP contribution < -0.4 is 10.6 Å². The quantitative estimate of drug-likeness (QED) is 0.700. The Morgan fingerprint density at radius 2 is 2.03 bits per heavy atom. The summed E-state index contributed by atoms with van der Waals surface area (Å²) in [6.07, 6.45) is 4.91. The lowest BCUT2D eigenvalue weighted by Gasteiger charge is -2.41. The Labute approximate surface area is 178 Å². The van der Waals surface area contributed by atoms with Crippen LogP contribution in [0.25, 0.3) is 0 Å². The standard InChI is InChI=1S/C22H33N7O/c1-15-11-20(28-27-15)26-19-13-18(24-16(2)25-19)12-17-5-4-10-29(14-17)21(30)22(3)6-8-23-9-7-22/h11,13,17,23H,4-10,12,14H2,1-3H3,(H2,24,25,26,27,28)/t17-/m0/s1. The van der Waals surface area contributed by atoms with Crippen molar-refractivity contribution in [2.75, 3.05) is 31.5 Å². The highest BCUT2D eigenvalue weighted by molar-refractivity contribution is 5.82. The van der Waals surface area contributed by atoms with E-state index in [0.29, 0.717) is 11.8 Å². The lowest BCUT2D eigenvalue weighted by molar-refractivity contribution is -0.144. The van der Waals surface area contributed by atoms with Crippen molar-refractivity contribution in [1.29, 1.82) is 0 Å². The van der Waals surface area contributed by atoms with Gasteiger partial charge in [0.2, 0.25) is 5.91 Å². The third-order valence-electron chi connectivity index (χ3n) is 6.38. The Bertz CT molecular complexity index is 887. The minimum atomic E-state index is -0.211. The van der Waals surface area contributed by atoms with E-state index >= 15 is 0 Å². The normalized spacial score (nSPS) is 21.4. The van der Waals surface area contributed by atoms with Crippen LogP contribution in [0.15, 0.2) is 12.1 Å². The average molecular weight is 412 g/mol. The molecule has 8 heteroatoms. The fraction of sp³-hybridized carbons (Fsp3) is 0.636. The number of anilines is 2. The number of carbonyl (C=O) groups excluding carboxylic acids is 1. The van der Waals surface area contributed by atoms with Crippen LogP contribution in [0.2, 0.25) is 0 Å². The van der Waals surface area contributed by atoms with Gasteiger partial charge in [0.05, 0.1) is 0 Å². The van der Waals surface area contributed by atoms with Gasteiger partial charge < -0.3 is 15.5 Å². The maximum Gasteiger partial charge on any atom is 0.228 e. The molecule has 8 nitrogen and oxygen atoms in total. The van der Waals surface area contributed by atoms with Crippen LogP contribution in [0, 0.1) is 25.2 Å². The van der Waals surface area contributed by atoms with Crippen molar-refractivity contribution >= 4 is 17.5 Å². The maximum atomic E-state index is 13.2. The van der Waals surface area contributed by atoms with E-state index in [2.05, 4.69) is 42.6 Å². The summed E-state index contributed by atoms with van der Waals surface area (Å²) in [4.78, 5) is 24.5. The van der Waals surface area contributed by atoms with Gasteiger partial charge >= 0.3 is 0 Å². The molecule has 1 amide bonds. The van der Waals surface area contributed by atoms with Crippen LogP contribution in [0.4, 0.5) is 11.6 Å². The molecule has 2 aliphatic rings. The van der Waals surface area contributed by atoms with Crippen LogP contribution in [0.5, 0.6) is 0 Å². The molecule has 2 aromatic rings. The smallest absolute Gasteiger partial charge is 0.228 e. The first-order chi connectivity index (χ1) is 14.4. The van der Waals surface area contributed by atoms with Gasteiger partial charge in [-0.2, -0.15) is 5.10 Å². The van der Waals surface area contributed by atoms with Crippen LogP contribution >= 0.6 is 0 Å². The Balaban J connectivity index is 1.41. The molecule has 4 heterocycles. The summed E-state index contributed by atoms with van der Waals surface area (Å²) in [5.41, 5.74) is 1.81. The minimum Gasteiger partial charge on any atom is -0.342 e. The Kier molecular flexibility index (Phi) is 6.04. The number of hydrogen-bond donors (Lipinski definition) is 3. The number of aromatic nitrogens is 4. The Morgan fingerprint density at radius 3 is 2.77 bits per heavy atom. The first-order valence-corrected chi connectivity index (χ1v) is 11.0. The molecule has 0 saturated carbocycles. The predicted molar refractivity (Wildman–Crippen MR) is 117 cm³/mol. The second-order valence-corrected chi connectivity index (χ2v) is 9.13. The highest BCUT2D eigenvalue weighted by Crippen LogP contribution is 2.32. The van der Waals surface area contributed by atoms with E-state index in [0.717, 1.165) is 87.1 Å². The lowest BCUT2D eigenvalue weighted by atomic mass is 9.79. The number of amides is 1. The molecule has 0 unspecified atom stereocenters. The fourth-order valence-corrected chi connectivity index (χ4v) is 4.70. The summed E-state index contributed by atoms with van der Waals surface area (Å²) in [5.74, 6) is 3.02. The first-order valence-electron chi connectivity index (χ1n) is 11.0. The second-order valence-electron chi connectivity index (χ2n) is 9.13. The second kappa shape index (κ2) is 8.71. The number of H-pyrrole nitrogens is 1. The third kappa shape index (κ3) is 4.80. The molecule has 30 heavy (non-hydrogen) atoms. The molecule has 0 radical (unpaired) electrons. The highest BCUT2D eigenvalue weighted by atomic mass is 16.2. The lowest BCUT2D eigenvalue weighted by Crippen LogP contribution is -2.50. The Hall–Kier alpha value is -2.48. The van der Waals surface area contributed by atoms with Crippen molar-refractivity contribution in [3.63, 3.8) is 0 Å². The van der Waals surface area contributed by atoms with E-state index in [1.807, 2.05) is 26.0 Å². The molecule has 162 valence electrons. The van der Waals surface area contributed by atoms with Crippen molar-refractivity contribution in [3.8, 4) is 0 Å². The number of aromatic amines is 1. The van der Waals surface area contributed by atoms with E-state index in [1.165, 1.54) is 0 Å². The van der Waals surface area contributed by atoms with E-state index in [9.17, 15) is 4.79 Å². The van der Waals surface area contributed by atoms with Gasteiger partial charge in [-0.05, 0) is 65.0 Å². The zero-order valence-corrected chi connectivity index (χ0v) is 18.3. The average Bonchev–Trinajstić information content (AvgIpc) is 3.12. The molecule has 1 atom stereocenters. The molecule has 4 rings (SSSR count). The minimum absolute atomic E-state index is 0.211. The van der Waals surface area contributed by atoms with Gasteiger partial charge in [-0.25, -0.2) is 9.97 Å². The molecular weight excluding hydrogens is 378 g/mol. The number of carbonyl (C=O) groups is 1. The molecule has 0 spiro atoms. The molecule has 0 aliphatic carbocycles. The van der Waals surface area contributed by atoms with Gasteiger partial charge in [-0.15, -0.1) is 0 Å². The van der Waals surface area contributed by atoms with Crippen molar-refractivity contribution < 1.29 is 4.79 Å². The van der Waals surface area contributed by atoms with Crippen molar-refractivity contribution in [1.82, 2.24) is 30.4 Å². The van der Waals surface area contributed by atoms with Crippen molar-refractivity contribution in [2.45, 2.75) is 52.9 Å². The zero-order chi connectivity index (χ0) is 21.1. The Morgan fingerprint density at radius 1 is 1.23 bits per heavy atom. The van der Waals surface area contributed by atoms with Crippen LogP contribution in [-0.4, -0.2) is 57.2 Å². The summed E-state index contributed by atoms with van der Waals surface area (Å²) < 4.78 is 0. The molecule has 0 bridgehead atoms. The summed E-state index contributed by atoms with van der Waals surface area (Å²) >= 11 is 0. The summed E-state index contributed by atoms with van der Waals surface area (Å²) in [6.45, 7) is 9.60. The zero-order valence-electron chi connectivity index (χ0n) is 18.3. The van der Waals surface area contributed by atoms with Crippen LogP contribution in [0.3, 0.4) is 0 Å². The van der Waals surface area contributed by atoms with Gasteiger partial charge in [0.1, 0.15) is 11.6 Å². The van der Waals surface area contributed by atoms with E-state index < -0.39 is 0 Å². The van der Waals surface area contributed by atoms with E-state index in [-0.39, 0.29) is 5.41 Å². The van der Waals surface area contributed by atoms with Crippen molar-refractivity contribution in [3.05, 3.63) is 29.3 Å². The first kappa shape index (κ1) is 20.8. The van der Waals surface area contributed by atoms with Crippen molar-refractivity contribution in [2.24, 2.45) is 11.3 Å². The molecule has 2 fully saturated rings. The van der Waals surface area contributed by atoms with Crippen LogP contribution in [-0.2, 0) is 11.2 Å².